The Morgan fingerprint density at radius 2 is 2.13 bits per heavy atom. The Morgan fingerprint density at radius 3 is 2.67 bits per heavy atom. The van der Waals surface area contributed by atoms with Crippen molar-refractivity contribution in [3.8, 4) is 0 Å². The number of benzene rings is 1. The molecule has 0 saturated carbocycles. The van der Waals surface area contributed by atoms with E-state index >= 15 is 0 Å². The molecule has 0 radical (unpaired) electrons. The van der Waals surface area contributed by atoms with Crippen LogP contribution in [-0.2, 0) is 4.74 Å². The van der Waals surface area contributed by atoms with Crippen LogP contribution in [0.4, 0.5) is 0 Å². The van der Waals surface area contributed by atoms with Gasteiger partial charge in [-0.2, -0.15) is 0 Å². The third kappa shape index (κ3) is 3.56. The second-order valence-electron chi connectivity index (χ2n) is 3.06. The molecule has 0 aromatic heterocycles. The van der Waals surface area contributed by atoms with Crippen LogP contribution in [-0.4, -0.2) is 12.9 Å². The quantitative estimate of drug-likeness (QED) is 0.604. The molecule has 80 valence electrons. The van der Waals surface area contributed by atoms with Gasteiger partial charge in [-0.15, -0.1) is 0 Å². The highest BCUT2D eigenvalue weighted by Crippen LogP contribution is 2.17. The van der Waals surface area contributed by atoms with Gasteiger partial charge in [0.1, 0.15) is 5.84 Å². The van der Waals surface area contributed by atoms with Gasteiger partial charge < -0.3 is 10.1 Å². The Balaban J connectivity index is 2.81. The minimum atomic E-state index is -0.265. The van der Waals surface area contributed by atoms with Crippen LogP contribution in [0.3, 0.4) is 0 Å². The smallest absolute Gasteiger partial charge is 0.175 e. The lowest BCUT2D eigenvalue weighted by Crippen LogP contribution is -2.14. The van der Waals surface area contributed by atoms with Crippen molar-refractivity contribution in [3.63, 3.8) is 0 Å². The Kier molecular flexibility index (Phi) is 4.57. The molecule has 3 nitrogen and oxygen atoms in total. The third-order valence-corrected chi connectivity index (χ3v) is 1.93. The molecule has 0 saturated heterocycles. The summed E-state index contributed by atoms with van der Waals surface area (Å²) < 4.78 is 5.29. The Morgan fingerprint density at radius 1 is 1.47 bits per heavy atom. The molecule has 1 aromatic carbocycles. The van der Waals surface area contributed by atoms with Crippen LogP contribution in [0.5, 0.6) is 0 Å². The molecule has 0 heterocycles. The van der Waals surface area contributed by atoms with Gasteiger partial charge in [-0.1, -0.05) is 36.9 Å². The fraction of sp³-hybridized carbons (Fsp3) is 0.250. The average Bonchev–Trinajstić information content (AvgIpc) is 2.27. The molecule has 0 amide bonds. The van der Waals surface area contributed by atoms with Gasteiger partial charge in [0.2, 0.25) is 0 Å². The number of hydrogen-bond acceptors (Lipinski definition) is 2. The summed E-state index contributed by atoms with van der Waals surface area (Å²) in [5.74, 6) is 0.778. The van der Waals surface area contributed by atoms with Crippen LogP contribution in [0.2, 0.25) is 0 Å². The third-order valence-electron chi connectivity index (χ3n) is 1.93. The molecular weight excluding hydrogens is 188 g/mol. The van der Waals surface area contributed by atoms with Gasteiger partial charge in [-0.25, -0.2) is 4.99 Å². The van der Waals surface area contributed by atoms with E-state index in [0.717, 1.165) is 11.4 Å². The zero-order valence-electron chi connectivity index (χ0n) is 9.10. The maximum absolute atomic E-state index is 5.29. The maximum Gasteiger partial charge on any atom is 0.175 e. The molecule has 1 atom stereocenters. The molecule has 1 rings (SSSR count). The molecule has 1 unspecified atom stereocenters. The number of methoxy groups -OCH3 is 1. The number of ether oxygens (including phenoxy) is 1. The lowest BCUT2D eigenvalue weighted by atomic mass is 10.2. The van der Waals surface area contributed by atoms with Gasteiger partial charge in [0.25, 0.3) is 0 Å². The standard InChI is InChI=1S/C12H16N2O/c1-4-13-10(2)14-12(15-3)11-8-6-5-7-9-11/h4-9,12H,1H2,2-3H3,(H,13,14). The van der Waals surface area contributed by atoms with Gasteiger partial charge in [-0.3, -0.25) is 0 Å². The molecule has 1 aromatic rings. The van der Waals surface area contributed by atoms with E-state index in [2.05, 4.69) is 16.9 Å². The van der Waals surface area contributed by atoms with Crippen molar-refractivity contribution in [2.45, 2.75) is 13.2 Å². The molecule has 0 aliphatic heterocycles. The minimum absolute atomic E-state index is 0.265. The number of amidine groups is 1. The first-order chi connectivity index (χ1) is 7.27. The summed E-state index contributed by atoms with van der Waals surface area (Å²) in [5, 5.41) is 2.91. The van der Waals surface area contributed by atoms with E-state index in [-0.39, 0.29) is 6.23 Å². The summed E-state index contributed by atoms with van der Waals surface area (Å²) in [4.78, 5) is 4.37. The SMILES string of the molecule is C=CNC(C)=NC(OC)c1ccccc1. The van der Waals surface area contributed by atoms with Crippen molar-refractivity contribution in [1.82, 2.24) is 5.32 Å². The topological polar surface area (TPSA) is 33.6 Å². The van der Waals surface area contributed by atoms with Gasteiger partial charge in [0.15, 0.2) is 6.23 Å². The van der Waals surface area contributed by atoms with Crippen molar-refractivity contribution in [1.29, 1.82) is 0 Å². The predicted octanol–water partition coefficient (Wildman–Crippen LogP) is 2.48. The minimum Gasteiger partial charge on any atom is -0.355 e. The van der Waals surface area contributed by atoms with Gasteiger partial charge in [0, 0.05) is 12.7 Å². The van der Waals surface area contributed by atoms with E-state index in [1.54, 1.807) is 13.3 Å². The van der Waals surface area contributed by atoms with Crippen molar-refractivity contribution in [2.24, 2.45) is 4.99 Å². The van der Waals surface area contributed by atoms with E-state index in [1.807, 2.05) is 37.3 Å². The number of aliphatic imine (C=N–C) groups is 1. The fourth-order valence-corrected chi connectivity index (χ4v) is 1.24. The van der Waals surface area contributed by atoms with Crippen molar-refractivity contribution in [3.05, 3.63) is 48.7 Å². The van der Waals surface area contributed by atoms with Crippen molar-refractivity contribution >= 4 is 5.84 Å². The predicted molar refractivity (Wildman–Crippen MR) is 62.6 cm³/mol. The van der Waals surface area contributed by atoms with Crippen LogP contribution in [0.15, 0.2) is 48.1 Å². The summed E-state index contributed by atoms with van der Waals surface area (Å²) in [6, 6.07) is 9.87. The van der Waals surface area contributed by atoms with Crippen molar-refractivity contribution in [2.75, 3.05) is 7.11 Å². The zero-order valence-corrected chi connectivity index (χ0v) is 9.10. The highest BCUT2D eigenvalue weighted by atomic mass is 16.5. The molecule has 0 aliphatic rings. The molecule has 1 N–H and O–H groups in total. The number of hydrogen-bond donors (Lipinski definition) is 1. The fourth-order valence-electron chi connectivity index (χ4n) is 1.24. The molecule has 0 fully saturated rings. The Hall–Kier alpha value is -1.61. The summed E-state index contributed by atoms with van der Waals surface area (Å²) in [6.45, 7) is 5.45. The first-order valence-electron chi connectivity index (χ1n) is 4.77. The first-order valence-corrected chi connectivity index (χ1v) is 4.77. The Labute approximate surface area is 90.5 Å². The van der Waals surface area contributed by atoms with Gasteiger partial charge in [0.05, 0.1) is 0 Å². The van der Waals surface area contributed by atoms with Gasteiger partial charge >= 0.3 is 0 Å². The maximum atomic E-state index is 5.29. The second-order valence-corrected chi connectivity index (χ2v) is 3.06. The highest BCUT2D eigenvalue weighted by Gasteiger charge is 2.07. The lowest BCUT2D eigenvalue weighted by molar-refractivity contribution is 0.111. The first kappa shape index (κ1) is 11.5. The summed E-state index contributed by atoms with van der Waals surface area (Å²) in [7, 11) is 1.64. The molecule has 15 heavy (non-hydrogen) atoms. The molecule has 0 aliphatic carbocycles. The van der Waals surface area contributed by atoms with Crippen LogP contribution in [0.1, 0.15) is 18.7 Å². The van der Waals surface area contributed by atoms with Crippen LogP contribution in [0.25, 0.3) is 0 Å². The molecule has 0 spiro atoms. The van der Waals surface area contributed by atoms with E-state index in [4.69, 9.17) is 4.74 Å². The molecule has 0 bridgehead atoms. The van der Waals surface area contributed by atoms with E-state index in [9.17, 15) is 0 Å². The highest BCUT2D eigenvalue weighted by molar-refractivity contribution is 5.80. The summed E-state index contributed by atoms with van der Waals surface area (Å²) >= 11 is 0. The van der Waals surface area contributed by atoms with E-state index in [1.165, 1.54) is 0 Å². The largest absolute Gasteiger partial charge is 0.355 e. The molecule has 3 heteroatoms. The zero-order chi connectivity index (χ0) is 11.1. The Bertz CT molecular complexity index is 333. The number of rotatable bonds is 4. The number of nitrogens with one attached hydrogen (secondary N) is 1. The summed E-state index contributed by atoms with van der Waals surface area (Å²) in [5.41, 5.74) is 1.03. The normalized spacial score (nSPS) is 13.3. The average molecular weight is 204 g/mol. The monoisotopic (exact) mass is 204 g/mol. The summed E-state index contributed by atoms with van der Waals surface area (Å²) in [6.07, 6.45) is 1.33. The lowest BCUT2D eigenvalue weighted by Gasteiger charge is -2.12. The van der Waals surface area contributed by atoms with Crippen LogP contribution >= 0.6 is 0 Å². The van der Waals surface area contributed by atoms with Crippen LogP contribution < -0.4 is 5.32 Å². The number of nitrogens with zero attached hydrogens (tertiary/aromatic N) is 1. The second kappa shape index (κ2) is 5.98. The van der Waals surface area contributed by atoms with Gasteiger partial charge in [-0.05, 0) is 13.1 Å². The van der Waals surface area contributed by atoms with E-state index in [0.29, 0.717) is 0 Å². The van der Waals surface area contributed by atoms with Crippen LogP contribution in [0, 0.1) is 0 Å². The van der Waals surface area contributed by atoms with Crippen molar-refractivity contribution < 1.29 is 4.74 Å². The molecular formula is C12H16N2O. The van der Waals surface area contributed by atoms with E-state index < -0.39 is 0 Å².